The Morgan fingerprint density at radius 3 is 2.60 bits per heavy atom. The van der Waals surface area contributed by atoms with E-state index in [-0.39, 0.29) is 23.3 Å². The standard InChI is InChI=1S/C20H14F3N5O2/c21-10-3-1-9(2-4-10)16-14(11-5-6-12(22)15(23)17(11)26-16)19-27-28-20(30-19)25-13-7-8-24-18(13)29/h1-6,13,26H,7-8H2,(H,24,29)(H,25,28). The molecule has 0 spiro atoms. The number of amides is 1. The molecule has 1 atom stereocenters. The summed E-state index contributed by atoms with van der Waals surface area (Å²) in [5.74, 6) is -2.64. The summed E-state index contributed by atoms with van der Waals surface area (Å²) in [6.45, 7) is 0.541. The van der Waals surface area contributed by atoms with Crippen LogP contribution in [0.4, 0.5) is 19.2 Å². The lowest BCUT2D eigenvalue weighted by Gasteiger charge is -2.05. The average molecular weight is 413 g/mol. The van der Waals surface area contributed by atoms with Gasteiger partial charge in [0.1, 0.15) is 11.9 Å². The number of carbonyl (C=O) groups excluding carboxylic acids is 1. The third-order valence-electron chi connectivity index (χ3n) is 4.98. The first kappa shape index (κ1) is 18.2. The number of aromatic amines is 1. The third-order valence-corrected chi connectivity index (χ3v) is 4.98. The zero-order valence-electron chi connectivity index (χ0n) is 15.3. The van der Waals surface area contributed by atoms with Crippen molar-refractivity contribution < 1.29 is 22.4 Å². The van der Waals surface area contributed by atoms with Gasteiger partial charge in [0.2, 0.25) is 5.91 Å². The molecule has 1 aliphatic heterocycles. The fourth-order valence-electron chi connectivity index (χ4n) is 3.52. The highest BCUT2D eigenvalue weighted by molar-refractivity contribution is 6.02. The third kappa shape index (κ3) is 2.97. The molecule has 5 rings (SSSR count). The number of nitrogens with zero attached hydrogens (tertiary/aromatic N) is 2. The highest BCUT2D eigenvalue weighted by Crippen LogP contribution is 2.39. The molecule has 3 heterocycles. The Morgan fingerprint density at radius 2 is 1.87 bits per heavy atom. The second kappa shape index (κ2) is 6.90. The smallest absolute Gasteiger partial charge is 0.316 e. The van der Waals surface area contributed by atoms with Crippen LogP contribution in [-0.2, 0) is 4.79 Å². The summed E-state index contributed by atoms with van der Waals surface area (Å²) >= 11 is 0. The minimum atomic E-state index is -1.05. The predicted octanol–water partition coefficient (Wildman–Crippen LogP) is 3.60. The molecule has 4 aromatic rings. The Bertz CT molecular complexity index is 1270. The van der Waals surface area contributed by atoms with Crippen LogP contribution in [0.25, 0.3) is 33.6 Å². The van der Waals surface area contributed by atoms with Crippen molar-refractivity contribution in [2.24, 2.45) is 0 Å². The maximum absolute atomic E-state index is 14.4. The summed E-state index contributed by atoms with van der Waals surface area (Å²) in [6.07, 6.45) is 0.564. The van der Waals surface area contributed by atoms with E-state index in [1.54, 1.807) is 0 Å². The quantitative estimate of drug-likeness (QED) is 0.475. The first-order valence-corrected chi connectivity index (χ1v) is 9.15. The maximum atomic E-state index is 14.4. The van der Waals surface area contributed by atoms with Gasteiger partial charge in [-0.3, -0.25) is 4.79 Å². The number of H-pyrrole nitrogens is 1. The molecule has 1 amide bonds. The van der Waals surface area contributed by atoms with E-state index in [0.717, 1.165) is 6.07 Å². The van der Waals surface area contributed by atoms with Gasteiger partial charge in [0.05, 0.1) is 16.8 Å². The number of hydrogen-bond acceptors (Lipinski definition) is 5. The van der Waals surface area contributed by atoms with Crippen molar-refractivity contribution in [2.75, 3.05) is 11.9 Å². The number of aromatic nitrogens is 3. The lowest BCUT2D eigenvalue weighted by molar-refractivity contribution is -0.119. The summed E-state index contributed by atoms with van der Waals surface area (Å²) < 4.78 is 47.2. The van der Waals surface area contributed by atoms with E-state index in [9.17, 15) is 18.0 Å². The molecule has 0 saturated carbocycles. The number of rotatable bonds is 4. The molecule has 0 aliphatic carbocycles. The van der Waals surface area contributed by atoms with Crippen LogP contribution < -0.4 is 10.6 Å². The Hall–Kier alpha value is -3.82. The molecule has 1 aliphatic rings. The monoisotopic (exact) mass is 413 g/mol. The van der Waals surface area contributed by atoms with Gasteiger partial charge in [0.25, 0.3) is 5.89 Å². The van der Waals surface area contributed by atoms with Gasteiger partial charge in [0.15, 0.2) is 11.6 Å². The van der Waals surface area contributed by atoms with Crippen LogP contribution in [0.3, 0.4) is 0 Å². The van der Waals surface area contributed by atoms with Gasteiger partial charge in [-0.2, -0.15) is 0 Å². The average Bonchev–Trinajstić information content (AvgIpc) is 3.45. The summed E-state index contributed by atoms with van der Waals surface area (Å²) in [6, 6.07) is 7.42. The molecular weight excluding hydrogens is 399 g/mol. The van der Waals surface area contributed by atoms with Gasteiger partial charge in [-0.1, -0.05) is 5.10 Å². The molecule has 0 radical (unpaired) electrons. The molecule has 7 nitrogen and oxygen atoms in total. The van der Waals surface area contributed by atoms with Crippen LogP contribution in [0.2, 0.25) is 0 Å². The van der Waals surface area contributed by atoms with E-state index in [2.05, 4.69) is 25.8 Å². The van der Waals surface area contributed by atoms with Crippen molar-refractivity contribution in [3.8, 4) is 22.7 Å². The predicted molar refractivity (Wildman–Crippen MR) is 102 cm³/mol. The zero-order chi connectivity index (χ0) is 20.8. The van der Waals surface area contributed by atoms with E-state index in [1.165, 1.54) is 30.3 Å². The maximum Gasteiger partial charge on any atom is 0.316 e. The van der Waals surface area contributed by atoms with Crippen LogP contribution >= 0.6 is 0 Å². The van der Waals surface area contributed by atoms with Gasteiger partial charge in [0, 0.05) is 11.9 Å². The van der Waals surface area contributed by atoms with Crippen molar-refractivity contribution in [2.45, 2.75) is 12.5 Å². The van der Waals surface area contributed by atoms with E-state index < -0.39 is 23.5 Å². The molecule has 1 saturated heterocycles. The molecule has 152 valence electrons. The molecule has 0 bridgehead atoms. The number of halogens is 3. The largest absolute Gasteiger partial charge is 0.403 e. The second-order valence-corrected chi connectivity index (χ2v) is 6.85. The van der Waals surface area contributed by atoms with Gasteiger partial charge in [-0.05, 0) is 48.4 Å². The summed E-state index contributed by atoms with van der Waals surface area (Å²) in [7, 11) is 0. The van der Waals surface area contributed by atoms with E-state index in [4.69, 9.17) is 4.42 Å². The van der Waals surface area contributed by atoms with Crippen molar-refractivity contribution >= 4 is 22.8 Å². The zero-order valence-corrected chi connectivity index (χ0v) is 15.3. The second-order valence-electron chi connectivity index (χ2n) is 6.85. The Labute approximate surface area is 167 Å². The van der Waals surface area contributed by atoms with Gasteiger partial charge >= 0.3 is 6.01 Å². The topological polar surface area (TPSA) is 95.8 Å². The Kier molecular flexibility index (Phi) is 4.19. The highest BCUT2D eigenvalue weighted by atomic mass is 19.2. The Morgan fingerprint density at radius 1 is 1.07 bits per heavy atom. The van der Waals surface area contributed by atoms with E-state index >= 15 is 0 Å². The van der Waals surface area contributed by atoms with E-state index in [1.807, 2.05) is 0 Å². The molecule has 3 N–H and O–H groups in total. The number of carbonyl (C=O) groups is 1. The molecule has 10 heteroatoms. The van der Waals surface area contributed by atoms with Gasteiger partial charge in [-0.15, -0.1) is 5.10 Å². The number of nitrogens with one attached hydrogen (secondary N) is 3. The molecule has 30 heavy (non-hydrogen) atoms. The molecule has 1 unspecified atom stereocenters. The minimum Gasteiger partial charge on any atom is -0.403 e. The highest BCUT2D eigenvalue weighted by Gasteiger charge is 2.27. The normalized spacial score (nSPS) is 16.2. The fraction of sp³-hybridized carbons (Fsp3) is 0.150. The Balaban J connectivity index is 1.64. The SMILES string of the molecule is O=C1NCCC1Nc1nnc(-c2c(-c3ccc(F)cc3)[nH]c3c(F)c(F)ccc23)o1. The molecule has 2 aromatic carbocycles. The van der Waals surface area contributed by atoms with Crippen LogP contribution in [0.15, 0.2) is 40.8 Å². The number of anilines is 1. The summed E-state index contributed by atoms with van der Waals surface area (Å²) in [5.41, 5.74) is 1.15. The summed E-state index contributed by atoms with van der Waals surface area (Å²) in [5, 5.41) is 13.8. The van der Waals surface area contributed by atoms with Crippen LogP contribution in [0.1, 0.15) is 6.42 Å². The molecule has 2 aromatic heterocycles. The van der Waals surface area contributed by atoms with Gasteiger partial charge in [-0.25, -0.2) is 13.2 Å². The van der Waals surface area contributed by atoms with Crippen LogP contribution in [-0.4, -0.2) is 33.7 Å². The number of fused-ring (bicyclic) bond motifs is 1. The molecular formula is C20H14F3N5O2. The van der Waals surface area contributed by atoms with Crippen molar-refractivity contribution in [1.82, 2.24) is 20.5 Å². The number of hydrogen-bond donors (Lipinski definition) is 3. The van der Waals surface area contributed by atoms with E-state index in [0.29, 0.717) is 35.2 Å². The van der Waals surface area contributed by atoms with Crippen LogP contribution in [0, 0.1) is 17.5 Å². The lowest BCUT2D eigenvalue weighted by atomic mass is 10.0. The molecule has 1 fully saturated rings. The lowest BCUT2D eigenvalue weighted by Crippen LogP contribution is -2.29. The number of benzene rings is 2. The fourth-order valence-corrected chi connectivity index (χ4v) is 3.52. The van der Waals surface area contributed by atoms with Crippen molar-refractivity contribution in [3.63, 3.8) is 0 Å². The minimum absolute atomic E-state index is 0.0223. The van der Waals surface area contributed by atoms with Crippen molar-refractivity contribution in [1.29, 1.82) is 0 Å². The first-order valence-electron chi connectivity index (χ1n) is 9.15. The first-order chi connectivity index (χ1) is 14.5. The van der Waals surface area contributed by atoms with Gasteiger partial charge < -0.3 is 20.0 Å². The van der Waals surface area contributed by atoms with Crippen LogP contribution in [0.5, 0.6) is 0 Å². The van der Waals surface area contributed by atoms with Crippen molar-refractivity contribution in [3.05, 3.63) is 53.8 Å². The summed E-state index contributed by atoms with van der Waals surface area (Å²) in [4.78, 5) is 14.6.